The van der Waals surface area contributed by atoms with Gasteiger partial charge in [-0.1, -0.05) is 0 Å². The number of nitrogens with zero attached hydrogens (tertiary/aromatic N) is 1. The Morgan fingerprint density at radius 3 is 3.33 bits per heavy atom. The molecule has 15 heavy (non-hydrogen) atoms. The first kappa shape index (κ1) is 10.6. The fourth-order valence-corrected chi connectivity index (χ4v) is 1.94. The van der Waals surface area contributed by atoms with E-state index in [2.05, 4.69) is 15.6 Å². The maximum absolute atomic E-state index is 5.67. The SMILES string of the molecule is CNCCc1cnc(CC2CCNC2)o1. The number of rotatable bonds is 5. The molecule has 0 saturated carbocycles. The molecule has 2 heterocycles. The van der Waals surface area contributed by atoms with Crippen molar-refractivity contribution in [1.29, 1.82) is 0 Å². The quantitative estimate of drug-likeness (QED) is 0.745. The first-order chi connectivity index (χ1) is 7.38. The topological polar surface area (TPSA) is 50.1 Å². The van der Waals surface area contributed by atoms with Gasteiger partial charge in [-0.05, 0) is 32.5 Å². The van der Waals surface area contributed by atoms with Crippen molar-refractivity contribution in [2.24, 2.45) is 5.92 Å². The molecule has 0 spiro atoms. The van der Waals surface area contributed by atoms with Crippen LogP contribution in [-0.2, 0) is 12.8 Å². The van der Waals surface area contributed by atoms with Crippen LogP contribution in [0.2, 0.25) is 0 Å². The van der Waals surface area contributed by atoms with E-state index in [0.29, 0.717) is 5.92 Å². The Kier molecular flexibility index (Phi) is 3.75. The van der Waals surface area contributed by atoms with Gasteiger partial charge in [0.05, 0.1) is 6.20 Å². The van der Waals surface area contributed by atoms with Gasteiger partial charge in [-0.2, -0.15) is 0 Å². The van der Waals surface area contributed by atoms with Crippen LogP contribution in [0.3, 0.4) is 0 Å². The van der Waals surface area contributed by atoms with E-state index < -0.39 is 0 Å². The van der Waals surface area contributed by atoms with Crippen LogP contribution in [0.15, 0.2) is 10.6 Å². The maximum atomic E-state index is 5.67. The van der Waals surface area contributed by atoms with E-state index >= 15 is 0 Å². The van der Waals surface area contributed by atoms with Crippen molar-refractivity contribution in [3.63, 3.8) is 0 Å². The van der Waals surface area contributed by atoms with Crippen LogP contribution in [-0.4, -0.2) is 31.7 Å². The average molecular weight is 209 g/mol. The fourth-order valence-electron chi connectivity index (χ4n) is 1.94. The Bertz CT molecular complexity index is 292. The molecule has 1 aromatic rings. The minimum atomic E-state index is 0.709. The minimum Gasteiger partial charge on any atom is -0.446 e. The zero-order valence-corrected chi connectivity index (χ0v) is 9.25. The first-order valence-electron chi connectivity index (χ1n) is 5.67. The second kappa shape index (κ2) is 5.28. The second-order valence-electron chi connectivity index (χ2n) is 4.14. The number of likely N-dealkylation sites (N-methyl/N-ethyl adjacent to an activating group) is 1. The van der Waals surface area contributed by atoms with Crippen LogP contribution >= 0.6 is 0 Å². The number of aromatic nitrogens is 1. The predicted octanol–water partition coefficient (Wildman–Crippen LogP) is 0.589. The van der Waals surface area contributed by atoms with E-state index in [1.165, 1.54) is 6.42 Å². The summed E-state index contributed by atoms with van der Waals surface area (Å²) in [6.07, 6.45) is 5.00. The molecule has 4 heteroatoms. The summed E-state index contributed by atoms with van der Waals surface area (Å²) in [5, 5.41) is 6.46. The van der Waals surface area contributed by atoms with Crippen molar-refractivity contribution in [1.82, 2.24) is 15.6 Å². The smallest absolute Gasteiger partial charge is 0.194 e. The van der Waals surface area contributed by atoms with Gasteiger partial charge in [0.25, 0.3) is 0 Å². The number of hydrogen-bond donors (Lipinski definition) is 2. The lowest BCUT2D eigenvalue weighted by molar-refractivity contribution is 0.416. The molecule has 0 aliphatic carbocycles. The van der Waals surface area contributed by atoms with Crippen LogP contribution in [0.25, 0.3) is 0 Å². The highest BCUT2D eigenvalue weighted by molar-refractivity contribution is 4.96. The third kappa shape index (κ3) is 3.04. The van der Waals surface area contributed by atoms with Crippen molar-refractivity contribution in [2.45, 2.75) is 19.3 Å². The molecule has 1 unspecified atom stereocenters. The standard InChI is InChI=1S/C11H19N3O/c1-12-4-3-10-8-14-11(15-10)6-9-2-5-13-7-9/h8-9,12-13H,2-7H2,1H3. The summed E-state index contributed by atoms with van der Waals surface area (Å²) in [7, 11) is 1.95. The van der Waals surface area contributed by atoms with Crippen molar-refractivity contribution in [2.75, 3.05) is 26.7 Å². The van der Waals surface area contributed by atoms with E-state index in [-0.39, 0.29) is 0 Å². The third-order valence-corrected chi connectivity index (χ3v) is 2.85. The molecule has 1 aliphatic heterocycles. The molecule has 1 aromatic heterocycles. The van der Waals surface area contributed by atoms with Gasteiger partial charge in [0, 0.05) is 19.4 Å². The Morgan fingerprint density at radius 2 is 2.60 bits per heavy atom. The maximum Gasteiger partial charge on any atom is 0.194 e. The molecule has 84 valence electrons. The van der Waals surface area contributed by atoms with Gasteiger partial charge in [0.2, 0.25) is 0 Å². The van der Waals surface area contributed by atoms with E-state index in [1.807, 2.05) is 13.2 Å². The van der Waals surface area contributed by atoms with E-state index in [0.717, 1.165) is 44.1 Å². The van der Waals surface area contributed by atoms with E-state index in [4.69, 9.17) is 4.42 Å². The van der Waals surface area contributed by atoms with Crippen LogP contribution in [0.1, 0.15) is 18.1 Å². The van der Waals surface area contributed by atoms with Crippen molar-refractivity contribution in [3.05, 3.63) is 17.8 Å². The lowest BCUT2D eigenvalue weighted by atomic mass is 10.1. The fraction of sp³-hybridized carbons (Fsp3) is 0.727. The van der Waals surface area contributed by atoms with Gasteiger partial charge in [-0.15, -0.1) is 0 Å². The van der Waals surface area contributed by atoms with Gasteiger partial charge in [0.1, 0.15) is 5.76 Å². The normalized spacial score (nSPS) is 21.0. The summed E-state index contributed by atoms with van der Waals surface area (Å²) in [6, 6.07) is 0. The molecule has 1 atom stereocenters. The summed E-state index contributed by atoms with van der Waals surface area (Å²) in [5.41, 5.74) is 0. The van der Waals surface area contributed by atoms with Crippen LogP contribution in [0, 0.1) is 5.92 Å². The van der Waals surface area contributed by atoms with E-state index in [9.17, 15) is 0 Å². The predicted molar refractivity (Wildman–Crippen MR) is 58.8 cm³/mol. The highest BCUT2D eigenvalue weighted by Crippen LogP contribution is 2.15. The number of oxazole rings is 1. The van der Waals surface area contributed by atoms with Crippen LogP contribution in [0.4, 0.5) is 0 Å². The molecular formula is C11H19N3O. The third-order valence-electron chi connectivity index (χ3n) is 2.85. The van der Waals surface area contributed by atoms with Crippen molar-refractivity contribution in [3.8, 4) is 0 Å². The Balaban J connectivity index is 1.83. The average Bonchev–Trinajstić information content (AvgIpc) is 2.87. The zero-order valence-electron chi connectivity index (χ0n) is 9.25. The van der Waals surface area contributed by atoms with Gasteiger partial charge in [-0.25, -0.2) is 4.98 Å². The molecule has 0 aromatic carbocycles. The van der Waals surface area contributed by atoms with Gasteiger partial charge in [0.15, 0.2) is 5.89 Å². The highest BCUT2D eigenvalue weighted by atomic mass is 16.4. The number of nitrogens with one attached hydrogen (secondary N) is 2. The summed E-state index contributed by atoms with van der Waals surface area (Å²) in [5.74, 6) is 2.60. The molecule has 0 bridgehead atoms. The van der Waals surface area contributed by atoms with Crippen molar-refractivity contribution >= 4 is 0 Å². The molecule has 4 nitrogen and oxygen atoms in total. The lowest BCUT2D eigenvalue weighted by Crippen LogP contribution is -2.11. The summed E-state index contributed by atoms with van der Waals surface area (Å²) < 4.78 is 5.67. The first-order valence-corrected chi connectivity index (χ1v) is 5.67. The van der Waals surface area contributed by atoms with Crippen LogP contribution in [0.5, 0.6) is 0 Å². The molecule has 2 rings (SSSR count). The second-order valence-corrected chi connectivity index (χ2v) is 4.14. The Labute approximate surface area is 90.5 Å². The molecule has 2 N–H and O–H groups in total. The number of hydrogen-bond acceptors (Lipinski definition) is 4. The van der Waals surface area contributed by atoms with Crippen LogP contribution < -0.4 is 10.6 Å². The molecular weight excluding hydrogens is 190 g/mol. The molecule has 1 fully saturated rings. The zero-order chi connectivity index (χ0) is 10.5. The molecule has 0 amide bonds. The summed E-state index contributed by atoms with van der Waals surface area (Å²) >= 11 is 0. The van der Waals surface area contributed by atoms with Gasteiger partial charge in [-0.3, -0.25) is 0 Å². The Morgan fingerprint density at radius 1 is 1.67 bits per heavy atom. The molecule has 1 saturated heterocycles. The largest absolute Gasteiger partial charge is 0.446 e. The lowest BCUT2D eigenvalue weighted by Gasteiger charge is -2.03. The van der Waals surface area contributed by atoms with Crippen molar-refractivity contribution < 1.29 is 4.42 Å². The Hall–Kier alpha value is -0.870. The van der Waals surface area contributed by atoms with Gasteiger partial charge < -0.3 is 15.1 Å². The molecule has 0 radical (unpaired) electrons. The van der Waals surface area contributed by atoms with E-state index in [1.54, 1.807) is 0 Å². The summed E-state index contributed by atoms with van der Waals surface area (Å²) in [4.78, 5) is 4.31. The minimum absolute atomic E-state index is 0.709. The highest BCUT2D eigenvalue weighted by Gasteiger charge is 2.17. The summed E-state index contributed by atoms with van der Waals surface area (Å²) in [6.45, 7) is 3.19. The molecule has 1 aliphatic rings. The monoisotopic (exact) mass is 209 g/mol. The van der Waals surface area contributed by atoms with Gasteiger partial charge >= 0.3 is 0 Å².